The number of hydrogen-bond donors (Lipinski definition) is 6. The molecule has 0 saturated carbocycles. The molecule has 12 nitrogen and oxygen atoms in total. The first-order valence-electron chi connectivity index (χ1n) is 15.6. The van der Waals surface area contributed by atoms with Crippen molar-refractivity contribution in [3.63, 3.8) is 0 Å². The summed E-state index contributed by atoms with van der Waals surface area (Å²) in [5, 5.41) is 61.4. The zero-order valence-electron chi connectivity index (χ0n) is 26.8. The van der Waals surface area contributed by atoms with Crippen LogP contribution in [-0.4, -0.2) is 81.3 Å². The fraction of sp³-hybridized carbons (Fsp3) is 0.333. The van der Waals surface area contributed by atoms with Crippen LogP contribution in [0.15, 0.2) is 66.9 Å². The van der Waals surface area contributed by atoms with E-state index in [0.29, 0.717) is 52.3 Å². The Morgan fingerprint density at radius 3 is 2.39 bits per heavy atom. The number of rotatable bonds is 15. The summed E-state index contributed by atoms with van der Waals surface area (Å²) in [5.41, 5.74) is 5.58. The topological polar surface area (TPSA) is 187 Å². The van der Waals surface area contributed by atoms with E-state index < -0.39 is 31.0 Å². The van der Waals surface area contributed by atoms with Gasteiger partial charge < -0.3 is 49.8 Å². The predicted octanol–water partition coefficient (Wildman–Crippen LogP) is 3.04. The molecule has 4 atom stereocenters. The molecule has 0 unspecified atom stereocenters. The van der Waals surface area contributed by atoms with Crippen LogP contribution in [0.25, 0.3) is 11.1 Å². The van der Waals surface area contributed by atoms with Gasteiger partial charge in [-0.25, -0.2) is 0 Å². The van der Waals surface area contributed by atoms with Gasteiger partial charge in [0.15, 0.2) is 11.5 Å². The number of aromatic nitrogens is 1. The number of hydrogen-bond acceptors (Lipinski definition) is 12. The molecule has 13 heteroatoms. The van der Waals surface area contributed by atoms with Crippen LogP contribution in [0.1, 0.15) is 27.9 Å². The van der Waals surface area contributed by atoms with Gasteiger partial charge in [0.1, 0.15) is 62.3 Å². The number of ether oxygens (including phenoxy) is 4. The number of nitrogens with zero attached hydrogens (tertiary/aromatic N) is 2. The van der Waals surface area contributed by atoms with Gasteiger partial charge in [-0.15, -0.1) is 0 Å². The number of pyridine rings is 1. The van der Waals surface area contributed by atoms with Crippen LogP contribution in [-0.2, 0) is 19.8 Å². The summed E-state index contributed by atoms with van der Waals surface area (Å²) in [6.45, 7) is 2.53. The largest absolute Gasteiger partial charge is 0.487 e. The Balaban J connectivity index is 1.32. The van der Waals surface area contributed by atoms with Gasteiger partial charge >= 0.3 is 0 Å². The van der Waals surface area contributed by atoms with Gasteiger partial charge in [-0.05, 0) is 59.5 Å². The van der Waals surface area contributed by atoms with Crippen molar-refractivity contribution in [2.75, 3.05) is 26.4 Å². The van der Waals surface area contributed by atoms with Gasteiger partial charge in [-0.2, -0.15) is 5.26 Å². The van der Waals surface area contributed by atoms with Crippen LogP contribution >= 0.6 is 11.6 Å². The molecule has 1 aliphatic rings. The summed E-state index contributed by atoms with van der Waals surface area (Å²) >= 11 is 6.69. The summed E-state index contributed by atoms with van der Waals surface area (Å²) in [6.07, 6.45) is -5.05. The second-order valence-corrected chi connectivity index (χ2v) is 11.9. The monoisotopic (exact) mass is 691 g/mol. The molecule has 258 valence electrons. The molecule has 1 aliphatic heterocycles. The minimum atomic E-state index is -1.74. The normalized spacial score (nSPS) is 14.7. The molecular weight excluding hydrogens is 654 g/mol. The maximum atomic E-state index is 10.3. The van der Waals surface area contributed by atoms with Crippen LogP contribution in [0.2, 0.25) is 5.02 Å². The Morgan fingerprint density at radius 2 is 1.65 bits per heavy atom. The molecule has 1 aromatic heterocycles. The Hall–Kier alpha value is -4.45. The first-order valence-corrected chi connectivity index (χ1v) is 16.0. The van der Waals surface area contributed by atoms with Crippen LogP contribution in [0.4, 0.5) is 0 Å². The van der Waals surface area contributed by atoms with E-state index in [2.05, 4.69) is 10.3 Å². The molecule has 0 fully saturated rings. The highest BCUT2D eigenvalue weighted by atomic mass is 35.5. The molecule has 0 spiro atoms. The average Bonchev–Trinajstić information content (AvgIpc) is 3.13. The van der Waals surface area contributed by atoms with Gasteiger partial charge in [-0.3, -0.25) is 4.98 Å². The van der Waals surface area contributed by atoms with E-state index in [1.807, 2.05) is 49.4 Å². The molecule has 49 heavy (non-hydrogen) atoms. The molecule has 6 N–H and O–H groups in total. The number of nitrogens with one attached hydrogen (secondary N) is 1. The van der Waals surface area contributed by atoms with Crippen LogP contribution in [0.5, 0.6) is 23.0 Å². The number of aliphatic hydroxyl groups is 5. The average molecular weight is 692 g/mol. The van der Waals surface area contributed by atoms with E-state index in [-0.39, 0.29) is 26.3 Å². The third-order valence-electron chi connectivity index (χ3n) is 8.12. The van der Waals surface area contributed by atoms with Gasteiger partial charge in [0.05, 0.1) is 29.0 Å². The molecule has 0 amide bonds. The Labute approximate surface area is 288 Å². The van der Waals surface area contributed by atoms with E-state index >= 15 is 0 Å². The maximum Gasteiger partial charge on any atom is 0.161 e. The van der Waals surface area contributed by atoms with Crippen molar-refractivity contribution < 1.29 is 44.5 Å². The molecule has 0 radical (unpaired) electrons. The number of nitriles is 1. The molecule has 4 aromatic rings. The van der Waals surface area contributed by atoms with Crippen LogP contribution in [0, 0.1) is 18.3 Å². The minimum Gasteiger partial charge on any atom is -0.487 e. The number of fused-ring (bicyclic) bond motifs is 1. The summed E-state index contributed by atoms with van der Waals surface area (Å²) in [6, 6.07) is 20.5. The fourth-order valence-electron chi connectivity index (χ4n) is 5.24. The van der Waals surface area contributed by atoms with Gasteiger partial charge in [0.25, 0.3) is 0 Å². The van der Waals surface area contributed by atoms with E-state index in [1.54, 1.807) is 24.3 Å². The SMILES string of the molecule is Cc1c(COc2cc(OCc3ccc(C#N)cn3)c(CNC[C@H](O)[C@@H](O)[C@H](O)[C@H](O)CO)cc2Cl)cccc1-c1ccc2c(c1)OCCO2. The lowest BCUT2D eigenvalue weighted by Gasteiger charge is -2.26. The lowest BCUT2D eigenvalue weighted by molar-refractivity contribution is -0.114. The quantitative estimate of drug-likeness (QED) is 0.107. The minimum absolute atomic E-state index is 0.0725. The molecule has 0 aliphatic carbocycles. The van der Waals surface area contributed by atoms with Crippen molar-refractivity contribution in [3.8, 4) is 40.2 Å². The lowest BCUT2D eigenvalue weighted by Crippen LogP contribution is -2.48. The number of benzene rings is 3. The highest BCUT2D eigenvalue weighted by Crippen LogP contribution is 2.37. The number of halogens is 1. The highest BCUT2D eigenvalue weighted by Gasteiger charge is 2.29. The third kappa shape index (κ3) is 8.97. The fourth-order valence-corrected chi connectivity index (χ4v) is 5.49. The summed E-state index contributed by atoms with van der Waals surface area (Å²) in [5.74, 6) is 2.21. The summed E-state index contributed by atoms with van der Waals surface area (Å²) < 4.78 is 23.8. The van der Waals surface area contributed by atoms with Crippen molar-refractivity contribution in [3.05, 3.63) is 99.8 Å². The van der Waals surface area contributed by atoms with E-state index in [0.717, 1.165) is 28.0 Å². The molecule has 5 rings (SSSR count). The molecule has 2 heterocycles. The van der Waals surface area contributed by atoms with Gasteiger partial charge in [-0.1, -0.05) is 35.9 Å². The molecule has 0 bridgehead atoms. The first-order chi connectivity index (χ1) is 23.7. The Kier molecular flexibility index (Phi) is 12.3. The molecule has 0 saturated heterocycles. The van der Waals surface area contributed by atoms with Crippen molar-refractivity contribution in [1.29, 1.82) is 5.26 Å². The van der Waals surface area contributed by atoms with Crippen molar-refractivity contribution in [1.82, 2.24) is 10.3 Å². The predicted molar refractivity (Wildman–Crippen MR) is 179 cm³/mol. The maximum absolute atomic E-state index is 10.3. The van der Waals surface area contributed by atoms with Crippen molar-refractivity contribution in [2.45, 2.75) is 51.1 Å². The van der Waals surface area contributed by atoms with Crippen molar-refractivity contribution in [2.24, 2.45) is 0 Å². The second-order valence-electron chi connectivity index (χ2n) is 11.5. The third-order valence-corrected chi connectivity index (χ3v) is 8.42. The lowest BCUT2D eigenvalue weighted by atomic mass is 9.96. The van der Waals surface area contributed by atoms with E-state index in [9.17, 15) is 20.4 Å². The van der Waals surface area contributed by atoms with Crippen molar-refractivity contribution >= 4 is 11.6 Å². The van der Waals surface area contributed by atoms with Gasteiger partial charge in [0.2, 0.25) is 0 Å². The zero-order valence-corrected chi connectivity index (χ0v) is 27.5. The molecular formula is C36H38ClN3O9. The highest BCUT2D eigenvalue weighted by molar-refractivity contribution is 6.32. The van der Waals surface area contributed by atoms with Crippen LogP contribution in [0.3, 0.4) is 0 Å². The molecule has 3 aromatic carbocycles. The first kappa shape index (κ1) is 35.8. The summed E-state index contributed by atoms with van der Waals surface area (Å²) in [4.78, 5) is 4.26. The Morgan fingerprint density at radius 1 is 0.898 bits per heavy atom. The van der Waals surface area contributed by atoms with Gasteiger partial charge in [0, 0.05) is 30.9 Å². The zero-order chi connectivity index (χ0) is 34.9. The van der Waals surface area contributed by atoms with E-state index in [1.165, 1.54) is 6.20 Å². The van der Waals surface area contributed by atoms with E-state index in [4.69, 9.17) is 40.9 Å². The van der Waals surface area contributed by atoms with Crippen LogP contribution < -0.4 is 24.3 Å². The second kappa shape index (κ2) is 16.8. The summed E-state index contributed by atoms with van der Waals surface area (Å²) in [7, 11) is 0. The Bertz CT molecular complexity index is 1770. The smallest absolute Gasteiger partial charge is 0.161 e. The number of aliphatic hydroxyl groups excluding tert-OH is 5. The standard InChI is InChI=1S/C36H38ClN3O9/c1-21-24(3-2-4-27(21)23-6-8-31-34(12-23)47-10-9-46-31)19-48-33-13-32(49-20-26-7-5-22(14-38)15-40-26)25(11-28(33)37)16-39-17-29(42)35(44)36(45)30(43)18-41/h2-8,11-13,15,29-30,35-36,39,41-45H,9-10,16-20H2,1H3/t29-,30+,35+,36+/m0/s1.